The minimum atomic E-state index is 0.842. The first-order chi connectivity index (χ1) is 4.70. The predicted octanol–water partition coefficient (Wildman–Crippen LogP) is 1.66. The van der Waals surface area contributed by atoms with Crippen LogP contribution >= 0.6 is 0 Å². The van der Waals surface area contributed by atoms with E-state index in [-0.39, 0.29) is 0 Å². The standard InChI is InChI=1S/C8H16N2/c1-4-6-8(3)7-10(9)5-2/h4,6-7H,5,9H2,1-3H3/b6-4-,8-7-. The molecule has 0 spiro atoms. The highest BCUT2D eigenvalue weighted by molar-refractivity contribution is 5.13. The summed E-state index contributed by atoms with van der Waals surface area (Å²) in [6.45, 7) is 6.87. The van der Waals surface area contributed by atoms with E-state index in [1.165, 1.54) is 5.57 Å². The summed E-state index contributed by atoms with van der Waals surface area (Å²) in [6, 6.07) is 0. The average Bonchev–Trinajstić information content (AvgIpc) is 1.88. The molecule has 2 heteroatoms. The van der Waals surface area contributed by atoms with Gasteiger partial charge in [0.1, 0.15) is 0 Å². The van der Waals surface area contributed by atoms with Gasteiger partial charge in [0.15, 0.2) is 0 Å². The maximum absolute atomic E-state index is 5.53. The van der Waals surface area contributed by atoms with Crippen molar-refractivity contribution >= 4 is 0 Å². The summed E-state index contributed by atoms with van der Waals surface area (Å²) in [5.74, 6) is 5.53. The first-order valence-corrected chi connectivity index (χ1v) is 3.53. The lowest BCUT2D eigenvalue weighted by atomic mass is 10.3. The van der Waals surface area contributed by atoms with E-state index in [1.807, 2.05) is 39.1 Å². The van der Waals surface area contributed by atoms with E-state index < -0.39 is 0 Å². The van der Waals surface area contributed by atoms with Crippen LogP contribution in [0.1, 0.15) is 20.8 Å². The van der Waals surface area contributed by atoms with Gasteiger partial charge in [-0.05, 0) is 26.3 Å². The zero-order chi connectivity index (χ0) is 7.98. The molecule has 58 valence electrons. The van der Waals surface area contributed by atoms with E-state index in [4.69, 9.17) is 5.84 Å². The lowest BCUT2D eigenvalue weighted by Crippen LogP contribution is -2.24. The molecule has 0 rings (SSSR count). The molecule has 0 aromatic rings. The van der Waals surface area contributed by atoms with Crippen molar-refractivity contribution in [3.8, 4) is 0 Å². The van der Waals surface area contributed by atoms with Gasteiger partial charge in [0, 0.05) is 12.7 Å². The summed E-state index contributed by atoms with van der Waals surface area (Å²) in [5, 5.41) is 1.66. The first kappa shape index (κ1) is 9.24. The number of nitrogens with zero attached hydrogens (tertiary/aromatic N) is 1. The van der Waals surface area contributed by atoms with Crippen molar-refractivity contribution in [3.63, 3.8) is 0 Å². The Morgan fingerprint density at radius 1 is 1.60 bits per heavy atom. The molecule has 0 fully saturated rings. The summed E-state index contributed by atoms with van der Waals surface area (Å²) in [5.41, 5.74) is 1.17. The van der Waals surface area contributed by atoms with Crippen LogP contribution in [0.5, 0.6) is 0 Å². The third-order valence-electron chi connectivity index (χ3n) is 1.16. The van der Waals surface area contributed by atoms with Crippen LogP contribution in [0.15, 0.2) is 23.9 Å². The molecular weight excluding hydrogens is 124 g/mol. The predicted molar refractivity (Wildman–Crippen MR) is 45.1 cm³/mol. The molecule has 0 heterocycles. The van der Waals surface area contributed by atoms with Crippen LogP contribution in [0, 0.1) is 0 Å². The van der Waals surface area contributed by atoms with E-state index in [0.717, 1.165) is 6.54 Å². The largest absolute Gasteiger partial charge is 0.318 e. The lowest BCUT2D eigenvalue weighted by Gasteiger charge is -2.09. The Morgan fingerprint density at radius 3 is 2.60 bits per heavy atom. The Kier molecular flexibility index (Phi) is 4.67. The van der Waals surface area contributed by atoms with Gasteiger partial charge >= 0.3 is 0 Å². The number of rotatable bonds is 3. The van der Waals surface area contributed by atoms with E-state index in [2.05, 4.69) is 0 Å². The number of hydrogen-bond donors (Lipinski definition) is 1. The topological polar surface area (TPSA) is 29.3 Å². The number of hydrogen-bond acceptors (Lipinski definition) is 2. The molecule has 2 nitrogen and oxygen atoms in total. The summed E-state index contributed by atoms with van der Waals surface area (Å²) in [6.07, 6.45) is 5.94. The second-order valence-electron chi connectivity index (χ2n) is 2.20. The second kappa shape index (κ2) is 5.06. The minimum absolute atomic E-state index is 0.842. The molecule has 0 saturated heterocycles. The fraction of sp³-hybridized carbons (Fsp3) is 0.500. The maximum Gasteiger partial charge on any atom is 0.0307 e. The lowest BCUT2D eigenvalue weighted by molar-refractivity contribution is 0.414. The van der Waals surface area contributed by atoms with Gasteiger partial charge in [-0.1, -0.05) is 12.2 Å². The Morgan fingerprint density at radius 2 is 2.20 bits per heavy atom. The molecule has 0 aromatic heterocycles. The summed E-state index contributed by atoms with van der Waals surface area (Å²) >= 11 is 0. The van der Waals surface area contributed by atoms with Crippen LogP contribution in [0.3, 0.4) is 0 Å². The van der Waals surface area contributed by atoms with Crippen molar-refractivity contribution < 1.29 is 0 Å². The van der Waals surface area contributed by atoms with E-state index >= 15 is 0 Å². The maximum atomic E-state index is 5.53. The second-order valence-corrected chi connectivity index (χ2v) is 2.20. The highest BCUT2D eigenvalue weighted by atomic mass is 15.4. The van der Waals surface area contributed by atoms with Gasteiger partial charge in [-0.2, -0.15) is 0 Å². The molecule has 0 aromatic carbocycles. The highest BCUT2D eigenvalue weighted by Crippen LogP contribution is 1.94. The molecule has 0 aliphatic carbocycles. The van der Waals surface area contributed by atoms with Gasteiger partial charge in [0.2, 0.25) is 0 Å². The van der Waals surface area contributed by atoms with E-state index in [0.29, 0.717) is 0 Å². The quantitative estimate of drug-likeness (QED) is 0.367. The molecule has 0 saturated carbocycles. The van der Waals surface area contributed by atoms with Gasteiger partial charge in [-0.3, -0.25) is 0 Å². The normalized spacial score (nSPS) is 12.6. The molecule has 0 bridgehead atoms. The van der Waals surface area contributed by atoms with Gasteiger partial charge < -0.3 is 5.01 Å². The molecule has 0 atom stereocenters. The number of hydrazine groups is 1. The molecule has 0 aliphatic rings. The molecule has 0 unspecified atom stereocenters. The zero-order valence-electron chi connectivity index (χ0n) is 6.96. The summed E-state index contributed by atoms with van der Waals surface area (Å²) < 4.78 is 0. The third kappa shape index (κ3) is 4.15. The van der Waals surface area contributed by atoms with Crippen LogP contribution in [-0.2, 0) is 0 Å². The van der Waals surface area contributed by atoms with Crippen molar-refractivity contribution in [3.05, 3.63) is 23.9 Å². The SMILES string of the molecule is C/C=C\C(C)=C/N(N)CC. The Hall–Kier alpha value is -0.760. The van der Waals surface area contributed by atoms with Crippen LogP contribution < -0.4 is 5.84 Å². The Bertz CT molecular complexity index is 136. The first-order valence-electron chi connectivity index (χ1n) is 3.53. The number of allylic oxidation sites excluding steroid dienone is 3. The zero-order valence-corrected chi connectivity index (χ0v) is 6.96. The van der Waals surface area contributed by atoms with Gasteiger partial charge in [-0.15, -0.1) is 0 Å². The van der Waals surface area contributed by atoms with Crippen LogP contribution in [-0.4, -0.2) is 11.6 Å². The molecule has 2 N–H and O–H groups in total. The Balaban J connectivity index is 3.89. The highest BCUT2D eigenvalue weighted by Gasteiger charge is 1.85. The van der Waals surface area contributed by atoms with Crippen molar-refractivity contribution in [2.75, 3.05) is 6.54 Å². The smallest absolute Gasteiger partial charge is 0.0307 e. The monoisotopic (exact) mass is 140 g/mol. The van der Waals surface area contributed by atoms with Gasteiger partial charge in [0.25, 0.3) is 0 Å². The van der Waals surface area contributed by atoms with Gasteiger partial charge in [0.05, 0.1) is 0 Å². The molecule has 0 amide bonds. The van der Waals surface area contributed by atoms with Crippen molar-refractivity contribution in [2.24, 2.45) is 5.84 Å². The Labute approximate surface area is 63.0 Å². The average molecular weight is 140 g/mol. The van der Waals surface area contributed by atoms with E-state index in [1.54, 1.807) is 5.01 Å². The molecular formula is C8H16N2. The molecule has 0 radical (unpaired) electrons. The van der Waals surface area contributed by atoms with Gasteiger partial charge in [-0.25, -0.2) is 5.84 Å². The molecule has 10 heavy (non-hydrogen) atoms. The number of nitrogens with two attached hydrogens (primary N) is 1. The molecule has 0 aliphatic heterocycles. The summed E-state index contributed by atoms with van der Waals surface area (Å²) in [4.78, 5) is 0. The van der Waals surface area contributed by atoms with Crippen LogP contribution in [0.25, 0.3) is 0 Å². The van der Waals surface area contributed by atoms with Crippen molar-refractivity contribution in [1.29, 1.82) is 0 Å². The van der Waals surface area contributed by atoms with Crippen LogP contribution in [0.2, 0.25) is 0 Å². The fourth-order valence-electron chi connectivity index (χ4n) is 0.659. The fourth-order valence-corrected chi connectivity index (χ4v) is 0.659. The van der Waals surface area contributed by atoms with Crippen LogP contribution in [0.4, 0.5) is 0 Å². The van der Waals surface area contributed by atoms with Crippen molar-refractivity contribution in [2.45, 2.75) is 20.8 Å². The minimum Gasteiger partial charge on any atom is -0.318 e. The van der Waals surface area contributed by atoms with Crippen molar-refractivity contribution in [1.82, 2.24) is 5.01 Å². The van der Waals surface area contributed by atoms with E-state index in [9.17, 15) is 0 Å². The summed E-state index contributed by atoms with van der Waals surface area (Å²) in [7, 11) is 0. The third-order valence-corrected chi connectivity index (χ3v) is 1.16.